The minimum atomic E-state index is -3.67. The molecule has 10 heteroatoms. The van der Waals surface area contributed by atoms with Gasteiger partial charge in [-0.25, -0.2) is 8.42 Å². The van der Waals surface area contributed by atoms with Crippen molar-refractivity contribution in [3.05, 3.63) is 113 Å². The summed E-state index contributed by atoms with van der Waals surface area (Å²) >= 11 is 1.15. The van der Waals surface area contributed by atoms with Crippen LogP contribution in [0.25, 0.3) is 0 Å². The number of carbonyl (C=O) groups is 3. The summed E-state index contributed by atoms with van der Waals surface area (Å²) in [5.41, 5.74) is 2.62. The molecule has 1 unspecified atom stereocenters. The van der Waals surface area contributed by atoms with Gasteiger partial charge in [-0.3, -0.25) is 14.4 Å². The molecule has 8 nitrogen and oxygen atoms in total. The molecule has 1 atom stereocenters. The van der Waals surface area contributed by atoms with Crippen LogP contribution >= 0.6 is 11.3 Å². The highest BCUT2D eigenvalue weighted by Gasteiger charge is 2.34. The predicted molar refractivity (Wildman–Crippen MR) is 160 cm³/mol. The lowest BCUT2D eigenvalue weighted by atomic mass is 9.98. The number of piperidine rings is 1. The first kappa shape index (κ1) is 28.4. The molecular formula is C31H29N3O5S2. The zero-order valence-corrected chi connectivity index (χ0v) is 24.0. The van der Waals surface area contributed by atoms with Gasteiger partial charge in [0.25, 0.3) is 15.9 Å². The van der Waals surface area contributed by atoms with E-state index < -0.39 is 21.8 Å². The molecule has 0 radical (unpaired) electrons. The van der Waals surface area contributed by atoms with Gasteiger partial charge < -0.3 is 10.6 Å². The number of hydrogen-bond donors (Lipinski definition) is 2. The molecule has 0 spiro atoms. The number of sulfonamides is 1. The van der Waals surface area contributed by atoms with Crippen LogP contribution in [0.1, 0.15) is 44.7 Å². The maximum Gasteiger partial charge on any atom is 0.257 e. The van der Waals surface area contributed by atoms with Gasteiger partial charge in [-0.15, -0.1) is 11.3 Å². The fourth-order valence-corrected chi connectivity index (χ4v) is 7.50. The second-order valence-electron chi connectivity index (χ2n) is 9.87. The van der Waals surface area contributed by atoms with Gasteiger partial charge in [-0.05, 0) is 55.5 Å². The van der Waals surface area contributed by atoms with Gasteiger partial charge in [-0.2, -0.15) is 4.31 Å². The Kier molecular flexibility index (Phi) is 8.44. The highest BCUT2D eigenvalue weighted by atomic mass is 32.2. The number of carbonyl (C=O) groups excluding carboxylic acids is 3. The second-order valence-corrected chi connectivity index (χ2v) is 13.0. The molecule has 0 bridgehead atoms. The van der Waals surface area contributed by atoms with Crippen LogP contribution in [0, 0.1) is 12.8 Å². The Labute approximate surface area is 243 Å². The molecule has 1 aliphatic rings. The van der Waals surface area contributed by atoms with Crippen LogP contribution in [0.2, 0.25) is 0 Å². The van der Waals surface area contributed by atoms with E-state index in [0.717, 1.165) is 16.9 Å². The van der Waals surface area contributed by atoms with Crippen molar-refractivity contribution in [2.75, 3.05) is 23.7 Å². The average molecular weight is 588 g/mol. The molecule has 2 heterocycles. The SMILES string of the molecule is Cc1ccc(NC(=O)c2ccccc2NC(=O)C2CCCN(S(=O)(=O)c3cccs3)C2)c(C(=O)c2ccccc2)c1. The van der Waals surface area contributed by atoms with Crippen LogP contribution in [0.15, 0.2) is 94.5 Å². The first-order valence-corrected chi connectivity index (χ1v) is 15.5. The Bertz CT molecular complexity index is 1690. The first-order chi connectivity index (χ1) is 19.7. The van der Waals surface area contributed by atoms with Crippen LogP contribution in [0.4, 0.5) is 11.4 Å². The summed E-state index contributed by atoms with van der Waals surface area (Å²) in [7, 11) is -3.67. The Balaban J connectivity index is 1.33. The minimum Gasteiger partial charge on any atom is -0.325 e. The van der Waals surface area contributed by atoms with E-state index in [4.69, 9.17) is 0 Å². The van der Waals surface area contributed by atoms with Crippen molar-refractivity contribution >= 4 is 50.3 Å². The number of nitrogens with one attached hydrogen (secondary N) is 2. The van der Waals surface area contributed by atoms with Gasteiger partial charge in [-0.1, -0.05) is 60.2 Å². The number of para-hydroxylation sites is 1. The van der Waals surface area contributed by atoms with Gasteiger partial charge in [0.05, 0.1) is 22.9 Å². The van der Waals surface area contributed by atoms with E-state index in [1.165, 1.54) is 4.31 Å². The van der Waals surface area contributed by atoms with E-state index in [1.54, 1.807) is 78.2 Å². The lowest BCUT2D eigenvalue weighted by Gasteiger charge is -2.31. The van der Waals surface area contributed by atoms with Crippen LogP contribution in [0.5, 0.6) is 0 Å². The molecule has 0 saturated carbocycles. The number of benzene rings is 3. The van der Waals surface area contributed by atoms with Crippen LogP contribution < -0.4 is 10.6 Å². The standard InChI is InChI=1S/C31H29N3O5S2/c1-21-15-16-27(25(19-21)29(35)22-9-3-2-4-10-22)33-31(37)24-12-5-6-13-26(24)32-30(36)23-11-7-17-34(20-23)41(38,39)28-14-8-18-40-28/h2-6,8-10,12-16,18-19,23H,7,11,17,20H2,1H3,(H,32,36)(H,33,37). The van der Waals surface area contributed by atoms with Crippen LogP contribution in [-0.4, -0.2) is 43.4 Å². The molecular weight excluding hydrogens is 558 g/mol. The van der Waals surface area contributed by atoms with Crippen molar-refractivity contribution in [3.63, 3.8) is 0 Å². The second kappa shape index (κ2) is 12.2. The topological polar surface area (TPSA) is 113 Å². The van der Waals surface area contributed by atoms with E-state index in [1.807, 2.05) is 19.1 Å². The van der Waals surface area contributed by atoms with Crippen LogP contribution in [-0.2, 0) is 14.8 Å². The molecule has 1 saturated heterocycles. The third-order valence-electron chi connectivity index (χ3n) is 6.98. The molecule has 210 valence electrons. The Morgan fingerprint density at radius 3 is 2.34 bits per heavy atom. The maximum atomic E-state index is 13.4. The Hall–Kier alpha value is -4.12. The monoisotopic (exact) mass is 587 g/mol. The summed E-state index contributed by atoms with van der Waals surface area (Å²) in [6.07, 6.45) is 1.08. The summed E-state index contributed by atoms with van der Waals surface area (Å²) in [4.78, 5) is 40.0. The average Bonchev–Trinajstić information content (AvgIpc) is 3.55. The Morgan fingerprint density at radius 2 is 1.59 bits per heavy atom. The van der Waals surface area contributed by atoms with E-state index >= 15 is 0 Å². The van der Waals surface area contributed by atoms with Crippen molar-refractivity contribution in [3.8, 4) is 0 Å². The third kappa shape index (κ3) is 6.30. The van der Waals surface area contributed by atoms with Gasteiger partial charge in [0.15, 0.2) is 5.78 Å². The smallest absolute Gasteiger partial charge is 0.257 e. The third-order valence-corrected chi connectivity index (χ3v) is 10.2. The van der Waals surface area contributed by atoms with Crippen molar-refractivity contribution in [1.82, 2.24) is 4.31 Å². The zero-order valence-electron chi connectivity index (χ0n) is 22.4. The quantitative estimate of drug-likeness (QED) is 0.262. The molecule has 0 aliphatic carbocycles. The van der Waals surface area contributed by atoms with Crippen LogP contribution in [0.3, 0.4) is 0 Å². The summed E-state index contributed by atoms with van der Waals surface area (Å²) in [6, 6.07) is 23.9. The number of anilines is 2. The van der Waals surface area contributed by atoms with Crippen molar-refractivity contribution < 1.29 is 22.8 Å². The summed E-state index contributed by atoms with van der Waals surface area (Å²) in [5, 5.41) is 7.39. The molecule has 4 aromatic rings. The Morgan fingerprint density at radius 1 is 0.854 bits per heavy atom. The first-order valence-electron chi connectivity index (χ1n) is 13.2. The lowest BCUT2D eigenvalue weighted by molar-refractivity contribution is -0.120. The fraction of sp³-hybridized carbons (Fsp3) is 0.194. The van der Waals surface area contributed by atoms with Gasteiger partial charge >= 0.3 is 0 Å². The molecule has 3 aromatic carbocycles. The zero-order chi connectivity index (χ0) is 29.0. The fourth-order valence-electron chi connectivity index (χ4n) is 4.83. The highest BCUT2D eigenvalue weighted by molar-refractivity contribution is 7.91. The van der Waals surface area contributed by atoms with Gasteiger partial charge in [0.1, 0.15) is 4.21 Å². The van der Waals surface area contributed by atoms with E-state index in [-0.39, 0.29) is 28.0 Å². The molecule has 41 heavy (non-hydrogen) atoms. The van der Waals surface area contributed by atoms with E-state index in [2.05, 4.69) is 10.6 Å². The molecule has 2 N–H and O–H groups in total. The summed E-state index contributed by atoms with van der Waals surface area (Å²) in [6.45, 7) is 2.29. The van der Waals surface area contributed by atoms with E-state index in [9.17, 15) is 22.8 Å². The van der Waals surface area contributed by atoms with Gasteiger partial charge in [0, 0.05) is 24.2 Å². The number of hydrogen-bond acceptors (Lipinski definition) is 6. The minimum absolute atomic E-state index is 0.0642. The number of thiophene rings is 1. The lowest BCUT2D eigenvalue weighted by Crippen LogP contribution is -2.43. The molecule has 5 rings (SSSR count). The molecule has 1 fully saturated rings. The van der Waals surface area contributed by atoms with Gasteiger partial charge in [0.2, 0.25) is 5.91 Å². The molecule has 1 aromatic heterocycles. The van der Waals surface area contributed by atoms with Crippen molar-refractivity contribution in [2.24, 2.45) is 5.92 Å². The molecule has 1 aliphatic heterocycles. The number of amides is 2. The normalized spacial score (nSPS) is 15.7. The number of ketones is 1. The molecule has 2 amide bonds. The van der Waals surface area contributed by atoms with E-state index in [0.29, 0.717) is 41.9 Å². The maximum absolute atomic E-state index is 13.4. The number of nitrogens with zero attached hydrogens (tertiary/aromatic N) is 1. The number of aryl methyl sites for hydroxylation is 1. The van der Waals surface area contributed by atoms with Crippen molar-refractivity contribution in [2.45, 2.75) is 24.0 Å². The summed E-state index contributed by atoms with van der Waals surface area (Å²) in [5.74, 6) is -1.63. The largest absolute Gasteiger partial charge is 0.325 e. The number of rotatable bonds is 8. The highest BCUT2D eigenvalue weighted by Crippen LogP contribution is 2.28. The van der Waals surface area contributed by atoms with Crippen molar-refractivity contribution in [1.29, 1.82) is 0 Å². The predicted octanol–water partition coefficient (Wildman–Crippen LogP) is 5.58. The summed E-state index contributed by atoms with van der Waals surface area (Å²) < 4.78 is 27.6.